The summed E-state index contributed by atoms with van der Waals surface area (Å²) < 4.78 is 6.32. The first-order chi connectivity index (χ1) is 14.2. The Bertz CT molecular complexity index is 781. The van der Waals surface area contributed by atoms with Crippen molar-refractivity contribution in [3.8, 4) is 0 Å². The molecule has 1 aliphatic heterocycles. The van der Waals surface area contributed by atoms with Crippen molar-refractivity contribution in [2.45, 2.75) is 98.2 Å². The van der Waals surface area contributed by atoms with Crippen LogP contribution < -0.4 is 0 Å². The monoisotopic (exact) mass is 412 g/mol. The minimum absolute atomic E-state index is 0.163. The maximum absolute atomic E-state index is 12.2. The standard InChI is InChI=1S/C27H40O3/c1-15(2)22(29)9-6-16(3)18-7-8-19-23-20(11-13-26(18,19)4)27(5)12-10-17(28)14-21(27)24-25(23)30-24/h14-16,18-20,23-25H,6-13H2,1-5H3. The molecule has 4 aliphatic carbocycles. The molecule has 30 heavy (non-hydrogen) atoms. The van der Waals surface area contributed by atoms with E-state index in [2.05, 4.69) is 20.8 Å². The van der Waals surface area contributed by atoms with E-state index in [0.717, 1.165) is 31.1 Å². The first-order valence-corrected chi connectivity index (χ1v) is 12.6. The molecule has 0 spiro atoms. The molecule has 3 saturated carbocycles. The van der Waals surface area contributed by atoms with Crippen molar-refractivity contribution in [2.24, 2.45) is 46.3 Å². The van der Waals surface area contributed by atoms with Crippen LogP contribution in [-0.2, 0) is 14.3 Å². The lowest BCUT2D eigenvalue weighted by molar-refractivity contribution is -0.122. The van der Waals surface area contributed by atoms with Crippen molar-refractivity contribution in [3.63, 3.8) is 0 Å². The third-order valence-electron chi connectivity index (χ3n) is 10.5. The van der Waals surface area contributed by atoms with Crippen LogP contribution >= 0.6 is 0 Å². The Morgan fingerprint density at radius 3 is 2.63 bits per heavy atom. The Morgan fingerprint density at radius 1 is 1.13 bits per heavy atom. The molecule has 4 fully saturated rings. The van der Waals surface area contributed by atoms with Crippen molar-refractivity contribution in [1.29, 1.82) is 0 Å². The predicted octanol–water partition coefficient (Wildman–Crippen LogP) is 5.76. The van der Waals surface area contributed by atoms with E-state index < -0.39 is 0 Å². The lowest BCUT2D eigenvalue weighted by Crippen LogP contribution is -2.53. The SMILES string of the molecule is CC(C)C(=O)CCC(C)C1CCC2C3C4OC4C4=CC(=O)CCC4(C)C3CCC12C. The molecule has 1 saturated heterocycles. The summed E-state index contributed by atoms with van der Waals surface area (Å²) >= 11 is 0. The largest absolute Gasteiger partial charge is 0.365 e. The van der Waals surface area contributed by atoms with E-state index in [1.165, 1.54) is 31.3 Å². The average molecular weight is 413 g/mol. The third kappa shape index (κ3) is 2.93. The second-order valence-corrected chi connectivity index (χ2v) is 12.2. The van der Waals surface area contributed by atoms with Gasteiger partial charge in [0.15, 0.2) is 5.78 Å². The smallest absolute Gasteiger partial charge is 0.155 e. The molecule has 0 radical (unpaired) electrons. The zero-order valence-electron chi connectivity index (χ0n) is 19.6. The van der Waals surface area contributed by atoms with Crippen LogP contribution in [0.4, 0.5) is 0 Å². The van der Waals surface area contributed by atoms with Crippen LogP contribution in [-0.4, -0.2) is 23.8 Å². The Kier molecular flexibility index (Phi) is 4.89. The number of hydrogen-bond acceptors (Lipinski definition) is 3. The summed E-state index contributed by atoms with van der Waals surface area (Å²) in [4.78, 5) is 24.3. The highest BCUT2D eigenvalue weighted by molar-refractivity contribution is 5.92. The van der Waals surface area contributed by atoms with Gasteiger partial charge in [0, 0.05) is 18.8 Å². The molecule has 0 N–H and O–H groups in total. The van der Waals surface area contributed by atoms with Crippen molar-refractivity contribution in [3.05, 3.63) is 11.6 Å². The Labute approximate surface area is 182 Å². The van der Waals surface area contributed by atoms with Crippen LogP contribution in [0.15, 0.2) is 11.6 Å². The van der Waals surface area contributed by atoms with Gasteiger partial charge in [-0.1, -0.05) is 34.6 Å². The molecule has 3 nitrogen and oxygen atoms in total. The minimum atomic E-state index is 0.163. The molecule has 5 aliphatic rings. The molecule has 0 aromatic heterocycles. The number of ketones is 2. The molecular formula is C27H40O3. The summed E-state index contributed by atoms with van der Waals surface area (Å²) in [7, 11) is 0. The fraction of sp³-hybridized carbons (Fsp3) is 0.852. The summed E-state index contributed by atoms with van der Waals surface area (Å²) in [5.74, 6) is 4.34. The maximum atomic E-state index is 12.2. The molecule has 9 atom stereocenters. The average Bonchev–Trinajstić information content (AvgIpc) is 3.41. The first-order valence-electron chi connectivity index (χ1n) is 12.6. The van der Waals surface area contributed by atoms with Gasteiger partial charge in [-0.2, -0.15) is 0 Å². The second-order valence-electron chi connectivity index (χ2n) is 12.2. The summed E-state index contributed by atoms with van der Waals surface area (Å²) in [5.41, 5.74) is 1.90. The van der Waals surface area contributed by atoms with E-state index in [1.807, 2.05) is 19.9 Å². The van der Waals surface area contributed by atoms with Gasteiger partial charge in [-0.25, -0.2) is 0 Å². The van der Waals surface area contributed by atoms with Crippen LogP contribution in [0.3, 0.4) is 0 Å². The summed E-state index contributed by atoms with van der Waals surface area (Å²) in [5, 5.41) is 0. The highest BCUT2D eigenvalue weighted by Gasteiger charge is 2.69. The van der Waals surface area contributed by atoms with E-state index in [1.54, 1.807) is 0 Å². The van der Waals surface area contributed by atoms with Crippen LogP contribution in [0.25, 0.3) is 0 Å². The molecule has 9 unspecified atom stereocenters. The zero-order chi connectivity index (χ0) is 21.4. The minimum Gasteiger partial charge on any atom is -0.365 e. The molecule has 3 heteroatoms. The number of epoxide rings is 1. The summed E-state index contributed by atoms with van der Waals surface area (Å²) in [6.45, 7) is 11.5. The van der Waals surface area contributed by atoms with Crippen molar-refractivity contribution >= 4 is 11.6 Å². The van der Waals surface area contributed by atoms with Gasteiger partial charge in [-0.05, 0) is 90.6 Å². The van der Waals surface area contributed by atoms with Crippen LogP contribution in [0, 0.1) is 46.3 Å². The van der Waals surface area contributed by atoms with Gasteiger partial charge >= 0.3 is 0 Å². The van der Waals surface area contributed by atoms with Gasteiger partial charge in [-0.3, -0.25) is 9.59 Å². The van der Waals surface area contributed by atoms with Gasteiger partial charge in [-0.15, -0.1) is 0 Å². The maximum Gasteiger partial charge on any atom is 0.155 e. The van der Waals surface area contributed by atoms with Crippen molar-refractivity contribution in [2.75, 3.05) is 0 Å². The van der Waals surface area contributed by atoms with E-state index in [-0.39, 0.29) is 17.4 Å². The summed E-state index contributed by atoms with van der Waals surface area (Å²) in [6, 6.07) is 0. The normalized spacial score (nSPS) is 47.7. The van der Waals surface area contributed by atoms with Crippen LogP contribution in [0.5, 0.6) is 0 Å². The van der Waals surface area contributed by atoms with Crippen molar-refractivity contribution in [1.82, 2.24) is 0 Å². The number of Topliss-reactive ketones (excluding diaryl/α,β-unsaturated/α-hetero) is 1. The number of rotatable bonds is 5. The van der Waals surface area contributed by atoms with Crippen molar-refractivity contribution < 1.29 is 14.3 Å². The molecule has 0 aromatic rings. The number of ether oxygens (including phenoxy) is 1. The quantitative estimate of drug-likeness (QED) is 0.539. The Balaban J connectivity index is 1.36. The summed E-state index contributed by atoms with van der Waals surface area (Å²) in [6.07, 6.45) is 11.3. The van der Waals surface area contributed by atoms with E-state index in [9.17, 15) is 9.59 Å². The zero-order valence-corrected chi connectivity index (χ0v) is 19.6. The van der Waals surface area contributed by atoms with Crippen LogP contribution in [0.1, 0.15) is 86.0 Å². The molecule has 0 aromatic carbocycles. The molecule has 166 valence electrons. The predicted molar refractivity (Wildman–Crippen MR) is 118 cm³/mol. The van der Waals surface area contributed by atoms with Gasteiger partial charge < -0.3 is 4.74 Å². The second kappa shape index (κ2) is 7.02. The topological polar surface area (TPSA) is 46.7 Å². The third-order valence-corrected chi connectivity index (χ3v) is 10.5. The van der Waals surface area contributed by atoms with Gasteiger partial charge in [0.25, 0.3) is 0 Å². The molecule has 1 heterocycles. The fourth-order valence-corrected chi connectivity index (χ4v) is 8.64. The Hall–Kier alpha value is -0.960. The molecule has 0 bridgehead atoms. The fourth-order valence-electron chi connectivity index (χ4n) is 8.64. The lowest BCUT2D eigenvalue weighted by atomic mass is 9.46. The highest BCUT2D eigenvalue weighted by Crippen LogP contribution is 2.70. The molecular weight excluding hydrogens is 372 g/mol. The lowest BCUT2D eigenvalue weighted by Gasteiger charge is -2.57. The highest BCUT2D eigenvalue weighted by atomic mass is 16.6. The van der Waals surface area contributed by atoms with E-state index >= 15 is 0 Å². The van der Waals surface area contributed by atoms with Gasteiger partial charge in [0.1, 0.15) is 11.9 Å². The number of fused-ring (bicyclic) bond motifs is 8. The first kappa shape index (κ1) is 20.9. The number of hydrogen-bond donors (Lipinski definition) is 0. The van der Waals surface area contributed by atoms with E-state index in [0.29, 0.717) is 47.3 Å². The van der Waals surface area contributed by atoms with Crippen LogP contribution in [0.2, 0.25) is 0 Å². The molecule has 5 rings (SSSR count). The molecule has 0 amide bonds. The van der Waals surface area contributed by atoms with E-state index in [4.69, 9.17) is 4.74 Å². The Morgan fingerprint density at radius 2 is 1.90 bits per heavy atom. The van der Waals surface area contributed by atoms with Gasteiger partial charge in [0.05, 0.1) is 6.10 Å². The number of carbonyl (C=O) groups is 2. The van der Waals surface area contributed by atoms with Gasteiger partial charge in [0.2, 0.25) is 0 Å². The number of carbonyl (C=O) groups excluding carboxylic acids is 2.